The van der Waals surface area contributed by atoms with Gasteiger partial charge >= 0.3 is 0 Å². The third kappa shape index (κ3) is 7.06. The molecule has 1 heterocycles. The van der Waals surface area contributed by atoms with Crippen molar-refractivity contribution in [1.29, 1.82) is 0 Å². The molecule has 0 radical (unpaired) electrons. The Morgan fingerprint density at radius 2 is 1.90 bits per heavy atom. The zero-order valence-corrected chi connectivity index (χ0v) is 20.9. The van der Waals surface area contributed by atoms with Gasteiger partial charge in [-0.2, -0.15) is 0 Å². The Morgan fingerprint density at radius 1 is 1.10 bits per heavy atom. The lowest BCUT2D eigenvalue weighted by Gasteiger charge is -2.21. The Balaban J connectivity index is 1.80. The van der Waals surface area contributed by atoms with Crippen molar-refractivity contribution in [3.63, 3.8) is 0 Å². The van der Waals surface area contributed by atoms with Crippen molar-refractivity contribution in [2.45, 2.75) is 39.7 Å². The first-order valence-corrected chi connectivity index (χ1v) is 12.2. The maximum atomic E-state index is 6.26. The summed E-state index contributed by atoms with van der Waals surface area (Å²) in [5.74, 6) is 0. The van der Waals surface area contributed by atoms with Gasteiger partial charge in [-0.1, -0.05) is 59.6 Å². The molecule has 5 heteroatoms. The number of hydrogen-bond donors (Lipinski definition) is 1. The van der Waals surface area contributed by atoms with Gasteiger partial charge in [0.2, 0.25) is 0 Å². The highest BCUT2D eigenvalue weighted by molar-refractivity contribution is 9.10. The van der Waals surface area contributed by atoms with E-state index in [-0.39, 0.29) is 0 Å². The Bertz CT molecular complexity index is 1030. The second-order valence-electron chi connectivity index (χ2n) is 7.86. The summed E-state index contributed by atoms with van der Waals surface area (Å²) in [6.07, 6.45) is 6.44. The van der Waals surface area contributed by atoms with Gasteiger partial charge in [-0.15, -0.1) is 0 Å². The van der Waals surface area contributed by atoms with Crippen LogP contribution in [0, 0.1) is 0 Å². The van der Waals surface area contributed by atoms with E-state index in [0.29, 0.717) is 11.1 Å². The molecule has 1 aromatic heterocycles. The molecule has 1 unspecified atom stereocenters. The smallest absolute Gasteiger partial charge is 0.0744 e. The summed E-state index contributed by atoms with van der Waals surface area (Å²) in [5.41, 5.74) is 4.04. The molecule has 3 aromatic rings. The van der Waals surface area contributed by atoms with E-state index in [1.165, 1.54) is 6.42 Å². The van der Waals surface area contributed by atoms with Gasteiger partial charge < -0.3 is 10.2 Å². The van der Waals surface area contributed by atoms with E-state index in [2.05, 4.69) is 83.3 Å². The van der Waals surface area contributed by atoms with Crippen LogP contribution in [0.2, 0.25) is 5.02 Å². The van der Waals surface area contributed by atoms with Crippen molar-refractivity contribution in [3.05, 3.63) is 69.3 Å². The fourth-order valence-corrected chi connectivity index (χ4v) is 4.30. The van der Waals surface area contributed by atoms with Crippen molar-refractivity contribution in [2.75, 3.05) is 25.0 Å². The quantitative estimate of drug-likeness (QED) is 0.308. The van der Waals surface area contributed by atoms with Gasteiger partial charge in [-0.05, 0) is 87.4 Å². The zero-order chi connectivity index (χ0) is 22.2. The SMILES string of the molecule is CCN(CC)CCCC(C)Nc1cc(C=Cc2cccc(Br)c2)nc2cc(Cl)ccc12. The van der Waals surface area contributed by atoms with Crippen molar-refractivity contribution < 1.29 is 0 Å². The molecule has 0 saturated carbocycles. The molecule has 1 N–H and O–H groups in total. The van der Waals surface area contributed by atoms with Gasteiger partial charge in [0.15, 0.2) is 0 Å². The van der Waals surface area contributed by atoms with E-state index in [0.717, 1.165) is 58.4 Å². The van der Waals surface area contributed by atoms with Crippen molar-refractivity contribution in [2.24, 2.45) is 0 Å². The Kier molecular flexibility index (Phi) is 8.94. The molecular weight excluding hydrogens is 470 g/mol. The van der Waals surface area contributed by atoms with E-state index >= 15 is 0 Å². The molecule has 3 nitrogen and oxygen atoms in total. The summed E-state index contributed by atoms with van der Waals surface area (Å²) in [6.45, 7) is 10.1. The van der Waals surface area contributed by atoms with Gasteiger partial charge in [0, 0.05) is 26.6 Å². The van der Waals surface area contributed by atoms with E-state index in [9.17, 15) is 0 Å². The molecule has 0 spiro atoms. The number of aromatic nitrogens is 1. The Morgan fingerprint density at radius 3 is 2.65 bits per heavy atom. The normalized spacial score (nSPS) is 12.7. The number of pyridine rings is 1. The maximum Gasteiger partial charge on any atom is 0.0744 e. The molecule has 0 aliphatic rings. The van der Waals surface area contributed by atoms with E-state index in [4.69, 9.17) is 16.6 Å². The van der Waals surface area contributed by atoms with Crippen molar-refractivity contribution >= 4 is 56.3 Å². The van der Waals surface area contributed by atoms with Gasteiger partial charge in [0.05, 0.1) is 11.2 Å². The van der Waals surface area contributed by atoms with E-state index < -0.39 is 0 Å². The monoisotopic (exact) mass is 499 g/mol. The summed E-state index contributed by atoms with van der Waals surface area (Å²) in [6, 6.07) is 16.6. The van der Waals surface area contributed by atoms with Crippen LogP contribution < -0.4 is 5.32 Å². The minimum absolute atomic E-state index is 0.374. The molecule has 0 bridgehead atoms. The van der Waals surface area contributed by atoms with Crippen LogP contribution >= 0.6 is 27.5 Å². The van der Waals surface area contributed by atoms with Crippen LogP contribution in [0.25, 0.3) is 23.1 Å². The standard InChI is InChI=1S/C26H31BrClN3/c1-4-31(5-2)15-7-8-19(3)29-26-18-23(13-11-20-9-6-10-21(27)16-20)30-25-17-22(28)12-14-24(25)26/h6,9-14,16-19H,4-5,7-8,15H2,1-3H3,(H,29,30). The molecule has 1 atom stereocenters. The highest BCUT2D eigenvalue weighted by Gasteiger charge is 2.10. The second kappa shape index (κ2) is 11.7. The number of halogens is 2. The third-order valence-electron chi connectivity index (χ3n) is 5.49. The minimum Gasteiger partial charge on any atom is -0.382 e. The van der Waals surface area contributed by atoms with Crippen molar-refractivity contribution in [1.82, 2.24) is 9.88 Å². The molecule has 0 fully saturated rings. The number of nitrogens with one attached hydrogen (secondary N) is 1. The lowest BCUT2D eigenvalue weighted by atomic mass is 10.1. The van der Waals surface area contributed by atoms with Crippen LogP contribution in [-0.4, -0.2) is 35.6 Å². The number of benzene rings is 2. The second-order valence-corrected chi connectivity index (χ2v) is 9.21. The molecular formula is C26H31BrClN3. The molecule has 3 rings (SSSR count). The van der Waals surface area contributed by atoms with Crippen LogP contribution in [0.5, 0.6) is 0 Å². The first-order chi connectivity index (χ1) is 15.0. The average Bonchev–Trinajstić information content (AvgIpc) is 2.75. The first kappa shape index (κ1) is 23.8. The van der Waals surface area contributed by atoms with E-state index in [1.807, 2.05) is 24.3 Å². The summed E-state index contributed by atoms with van der Waals surface area (Å²) in [4.78, 5) is 7.29. The maximum absolute atomic E-state index is 6.26. The summed E-state index contributed by atoms with van der Waals surface area (Å²) < 4.78 is 1.06. The number of fused-ring (bicyclic) bond motifs is 1. The lowest BCUT2D eigenvalue weighted by molar-refractivity contribution is 0.295. The summed E-state index contributed by atoms with van der Waals surface area (Å²) in [5, 5.41) is 5.52. The van der Waals surface area contributed by atoms with Crippen LogP contribution in [0.15, 0.2) is 53.0 Å². The summed E-state index contributed by atoms with van der Waals surface area (Å²) in [7, 11) is 0. The number of hydrogen-bond acceptors (Lipinski definition) is 3. The Labute approximate surface area is 199 Å². The Hall–Kier alpha value is -1.88. The highest BCUT2D eigenvalue weighted by Crippen LogP contribution is 2.28. The topological polar surface area (TPSA) is 28.2 Å². The van der Waals surface area contributed by atoms with Crippen LogP contribution in [0.4, 0.5) is 5.69 Å². The van der Waals surface area contributed by atoms with Crippen LogP contribution in [0.1, 0.15) is 44.9 Å². The molecule has 0 aliphatic heterocycles. The number of rotatable bonds is 10. The van der Waals surface area contributed by atoms with Gasteiger partial charge in [-0.3, -0.25) is 0 Å². The van der Waals surface area contributed by atoms with Crippen LogP contribution in [0.3, 0.4) is 0 Å². The zero-order valence-electron chi connectivity index (χ0n) is 18.5. The number of anilines is 1. The minimum atomic E-state index is 0.374. The van der Waals surface area contributed by atoms with Gasteiger partial charge in [0.1, 0.15) is 0 Å². The van der Waals surface area contributed by atoms with Crippen LogP contribution in [-0.2, 0) is 0 Å². The predicted molar refractivity (Wildman–Crippen MR) is 140 cm³/mol. The average molecular weight is 501 g/mol. The fraction of sp³-hybridized carbons (Fsp3) is 0.346. The van der Waals surface area contributed by atoms with Gasteiger partial charge in [0.25, 0.3) is 0 Å². The molecule has 31 heavy (non-hydrogen) atoms. The van der Waals surface area contributed by atoms with E-state index in [1.54, 1.807) is 0 Å². The predicted octanol–water partition coefficient (Wildman–Crippen LogP) is 7.74. The molecule has 2 aromatic carbocycles. The van der Waals surface area contributed by atoms with Gasteiger partial charge in [-0.25, -0.2) is 4.98 Å². The number of nitrogens with zero attached hydrogens (tertiary/aromatic N) is 2. The molecule has 0 aliphatic carbocycles. The lowest BCUT2D eigenvalue weighted by Crippen LogP contribution is -2.25. The first-order valence-electron chi connectivity index (χ1n) is 11.0. The largest absolute Gasteiger partial charge is 0.382 e. The molecule has 0 amide bonds. The van der Waals surface area contributed by atoms with Crippen molar-refractivity contribution in [3.8, 4) is 0 Å². The third-order valence-corrected chi connectivity index (χ3v) is 6.22. The fourth-order valence-electron chi connectivity index (χ4n) is 3.72. The molecule has 0 saturated heterocycles. The summed E-state index contributed by atoms with van der Waals surface area (Å²) >= 11 is 9.79. The molecule has 164 valence electrons. The highest BCUT2D eigenvalue weighted by atomic mass is 79.9.